The van der Waals surface area contributed by atoms with Crippen LogP contribution in [-0.4, -0.2) is 12.6 Å². The van der Waals surface area contributed by atoms with Crippen molar-refractivity contribution < 1.29 is 9.53 Å². The van der Waals surface area contributed by atoms with Crippen LogP contribution in [-0.2, 0) is 9.53 Å². The third kappa shape index (κ3) is 21.4. The highest BCUT2D eigenvalue weighted by atomic mass is 16.5. The number of hydrogen-bond acceptors (Lipinski definition) is 2. The summed E-state index contributed by atoms with van der Waals surface area (Å²) >= 11 is 0. The van der Waals surface area contributed by atoms with Crippen molar-refractivity contribution in [3.63, 3.8) is 0 Å². The number of carbonyl (C=O) groups is 1. The molecular weight excluding hydrogens is 308 g/mol. The third-order valence-electron chi connectivity index (χ3n) is 4.85. The molecule has 0 amide bonds. The fourth-order valence-corrected chi connectivity index (χ4v) is 3.15. The summed E-state index contributed by atoms with van der Waals surface area (Å²) in [6.07, 6.45) is 18.4. The standard InChI is InChI=1S/C23H46O2/c1-21(2)17-13-9-7-5-6-8-10-15-19-23(24)25-20-16-12-11-14-18-22(3)4/h21-22H,5-20H2,1-4H3. The van der Waals surface area contributed by atoms with Gasteiger partial charge in [-0.25, -0.2) is 0 Å². The van der Waals surface area contributed by atoms with Gasteiger partial charge in [-0.05, 0) is 24.7 Å². The number of unbranched alkanes of at least 4 members (excludes halogenated alkanes) is 10. The Bertz CT molecular complexity index is 284. The van der Waals surface area contributed by atoms with Crippen LogP contribution < -0.4 is 0 Å². The largest absolute Gasteiger partial charge is 0.466 e. The van der Waals surface area contributed by atoms with E-state index in [9.17, 15) is 4.79 Å². The molecule has 0 aromatic heterocycles. The Balaban J connectivity index is 3.18. The minimum atomic E-state index is 0.0101. The van der Waals surface area contributed by atoms with E-state index in [4.69, 9.17) is 4.74 Å². The SMILES string of the molecule is CC(C)CCCCCCCCCCC(=O)OCCCCCCC(C)C. The van der Waals surface area contributed by atoms with Gasteiger partial charge in [-0.1, -0.05) is 105 Å². The maximum absolute atomic E-state index is 11.7. The van der Waals surface area contributed by atoms with Gasteiger partial charge in [0.05, 0.1) is 6.61 Å². The van der Waals surface area contributed by atoms with Gasteiger partial charge in [0.25, 0.3) is 0 Å². The summed E-state index contributed by atoms with van der Waals surface area (Å²) in [5.41, 5.74) is 0. The molecule has 0 spiro atoms. The fraction of sp³-hybridized carbons (Fsp3) is 0.957. The molecule has 0 radical (unpaired) electrons. The van der Waals surface area contributed by atoms with Gasteiger partial charge >= 0.3 is 5.97 Å². The van der Waals surface area contributed by atoms with Crippen LogP contribution in [0.15, 0.2) is 0 Å². The smallest absolute Gasteiger partial charge is 0.305 e. The Kier molecular flexibility index (Phi) is 17.9. The molecule has 0 fully saturated rings. The molecule has 0 heterocycles. The molecule has 0 atom stereocenters. The van der Waals surface area contributed by atoms with Gasteiger partial charge in [-0.15, -0.1) is 0 Å². The van der Waals surface area contributed by atoms with Crippen molar-refractivity contribution in [1.82, 2.24) is 0 Å². The van der Waals surface area contributed by atoms with Crippen LogP contribution >= 0.6 is 0 Å². The second-order valence-electron chi connectivity index (χ2n) is 8.58. The lowest BCUT2D eigenvalue weighted by Gasteiger charge is -2.06. The molecular formula is C23H46O2. The van der Waals surface area contributed by atoms with Crippen LogP contribution in [0.3, 0.4) is 0 Å². The molecule has 0 aromatic carbocycles. The monoisotopic (exact) mass is 354 g/mol. The van der Waals surface area contributed by atoms with Crippen molar-refractivity contribution in [2.45, 2.75) is 124 Å². The van der Waals surface area contributed by atoms with E-state index in [2.05, 4.69) is 27.7 Å². The normalized spacial score (nSPS) is 11.4. The average molecular weight is 355 g/mol. The first-order valence-electron chi connectivity index (χ1n) is 11.2. The lowest BCUT2D eigenvalue weighted by atomic mass is 10.0. The second kappa shape index (κ2) is 18.3. The molecule has 2 nitrogen and oxygen atoms in total. The summed E-state index contributed by atoms with van der Waals surface area (Å²) in [5, 5.41) is 0. The van der Waals surface area contributed by atoms with Crippen LogP contribution in [0.5, 0.6) is 0 Å². The molecule has 0 aliphatic carbocycles. The highest BCUT2D eigenvalue weighted by molar-refractivity contribution is 5.69. The first-order chi connectivity index (χ1) is 12.0. The lowest BCUT2D eigenvalue weighted by Crippen LogP contribution is -2.05. The van der Waals surface area contributed by atoms with Crippen LogP contribution in [0.1, 0.15) is 124 Å². The van der Waals surface area contributed by atoms with Crippen molar-refractivity contribution >= 4 is 5.97 Å². The summed E-state index contributed by atoms with van der Waals surface area (Å²) < 4.78 is 5.32. The molecule has 25 heavy (non-hydrogen) atoms. The van der Waals surface area contributed by atoms with E-state index >= 15 is 0 Å². The lowest BCUT2D eigenvalue weighted by molar-refractivity contribution is -0.143. The van der Waals surface area contributed by atoms with E-state index < -0.39 is 0 Å². The predicted octanol–water partition coefficient (Wildman–Crippen LogP) is 7.69. The summed E-state index contributed by atoms with van der Waals surface area (Å²) in [4.78, 5) is 11.7. The van der Waals surface area contributed by atoms with Crippen molar-refractivity contribution in [2.75, 3.05) is 6.61 Å². The molecule has 0 saturated carbocycles. The van der Waals surface area contributed by atoms with E-state index in [-0.39, 0.29) is 5.97 Å². The highest BCUT2D eigenvalue weighted by Crippen LogP contribution is 2.13. The van der Waals surface area contributed by atoms with Gasteiger partial charge in [-0.3, -0.25) is 4.79 Å². The molecule has 0 unspecified atom stereocenters. The zero-order valence-corrected chi connectivity index (χ0v) is 17.8. The molecule has 150 valence electrons. The molecule has 0 bridgehead atoms. The predicted molar refractivity (Wildman–Crippen MR) is 110 cm³/mol. The van der Waals surface area contributed by atoms with Crippen molar-refractivity contribution in [3.05, 3.63) is 0 Å². The van der Waals surface area contributed by atoms with Crippen molar-refractivity contribution in [2.24, 2.45) is 11.8 Å². The minimum Gasteiger partial charge on any atom is -0.466 e. The molecule has 0 aliphatic heterocycles. The van der Waals surface area contributed by atoms with Gasteiger partial charge in [0.2, 0.25) is 0 Å². The maximum atomic E-state index is 11.7. The van der Waals surface area contributed by atoms with Crippen LogP contribution in [0.2, 0.25) is 0 Å². The number of esters is 1. The highest BCUT2D eigenvalue weighted by Gasteiger charge is 2.03. The Hall–Kier alpha value is -0.530. The Morgan fingerprint density at radius 3 is 1.48 bits per heavy atom. The van der Waals surface area contributed by atoms with Crippen LogP contribution in [0, 0.1) is 11.8 Å². The topological polar surface area (TPSA) is 26.3 Å². The van der Waals surface area contributed by atoms with E-state index in [1.165, 1.54) is 77.0 Å². The molecule has 0 aliphatic rings. The Labute approximate surface area is 158 Å². The maximum Gasteiger partial charge on any atom is 0.305 e. The van der Waals surface area contributed by atoms with E-state index in [0.717, 1.165) is 24.7 Å². The molecule has 2 heteroatoms. The second-order valence-corrected chi connectivity index (χ2v) is 8.58. The number of ether oxygens (including phenoxy) is 1. The van der Waals surface area contributed by atoms with Crippen molar-refractivity contribution in [1.29, 1.82) is 0 Å². The molecule has 0 aromatic rings. The zero-order valence-electron chi connectivity index (χ0n) is 17.8. The van der Waals surface area contributed by atoms with Gasteiger partial charge in [0.1, 0.15) is 0 Å². The summed E-state index contributed by atoms with van der Waals surface area (Å²) in [5.74, 6) is 1.67. The van der Waals surface area contributed by atoms with E-state index in [1.54, 1.807) is 0 Å². The quantitative estimate of drug-likeness (QED) is 0.186. The van der Waals surface area contributed by atoms with Crippen molar-refractivity contribution in [3.8, 4) is 0 Å². The Morgan fingerprint density at radius 1 is 0.600 bits per heavy atom. The van der Waals surface area contributed by atoms with Gasteiger partial charge in [0, 0.05) is 6.42 Å². The number of carbonyl (C=O) groups excluding carboxylic acids is 1. The first-order valence-corrected chi connectivity index (χ1v) is 11.2. The van der Waals surface area contributed by atoms with Gasteiger partial charge in [0.15, 0.2) is 0 Å². The summed E-state index contributed by atoms with van der Waals surface area (Å²) in [7, 11) is 0. The molecule has 0 N–H and O–H groups in total. The number of hydrogen-bond donors (Lipinski definition) is 0. The fourth-order valence-electron chi connectivity index (χ4n) is 3.15. The van der Waals surface area contributed by atoms with Gasteiger partial charge in [-0.2, -0.15) is 0 Å². The van der Waals surface area contributed by atoms with Gasteiger partial charge < -0.3 is 4.74 Å². The molecule has 0 rings (SSSR count). The Morgan fingerprint density at radius 2 is 1.00 bits per heavy atom. The van der Waals surface area contributed by atoms with Crippen LogP contribution in [0.4, 0.5) is 0 Å². The third-order valence-corrected chi connectivity index (χ3v) is 4.85. The summed E-state index contributed by atoms with van der Waals surface area (Å²) in [6.45, 7) is 9.78. The average Bonchev–Trinajstić information content (AvgIpc) is 2.55. The van der Waals surface area contributed by atoms with E-state index in [0.29, 0.717) is 13.0 Å². The number of rotatable bonds is 18. The molecule has 0 saturated heterocycles. The zero-order chi connectivity index (χ0) is 18.8. The first kappa shape index (κ1) is 24.5. The minimum absolute atomic E-state index is 0.0101. The summed E-state index contributed by atoms with van der Waals surface area (Å²) in [6, 6.07) is 0. The van der Waals surface area contributed by atoms with Crippen LogP contribution in [0.25, 0.3) is 0 Å². The van der Waals surface area contributed by atoms with E-state index in [1.807, 2.05) is 0 Å².